The standard InChI is InChI=1S/C6H6N6O/c13-6-3-7-1-2-12(6)4-5-8-10-11-9-5/h1-3H,4H2,(H,8,9,10,11). The quantitative estimate of drug-likeness (QED) is 0.624. The van der Waals surface area contributed by atoms with Gasteiger partial charge in [-0.25, -0.2) is 0 Å². The fourth-order valence-corrected chi connectivity index (χ4v) is 0.906. The predicted octanol–water partition coefficient (Wildman–Crippen LogP) is -1.20. The smallest absolute Gasteiger partial charge is 0.269 e. The fraction of sp³-hybridized carbons (Fsp3) is 0.167. The van der Waals surface area contributed by atoms with Crippen LogP contribution >= 0.6 is 0 Å². The minimum absolute atomic E-state index is 0.188. The zero-order valence-corrected chi connectivity index (χ0v) is 6.58. The molecule has 0 bridgehead atoms. The molecular weight excluding hydrogens is 172 g/mol. The Kier molecular flexibility index (Phi) is 1.83. The third-order valence-electron chi connectivity index (χ3n) is 1.50. The summed E-state index contributed by atoms with van der Waals surface area (Å²) in [6.45, 7) is 0.303. The molecule has 0 fully saturated rings. The van der Waals surface area contributed by atoms with Gasteiger partial charge in [-0.1, -0.05) is 5.21 Å². The second-order valence-corrected chi connectivity index (χ2v) is 2.37. The number of aromatic nitrogens is 6. The Labute approximate surface area is 72.4 Å². The lowest BCUT2D eigenvalue weighted by Gasteiger charge is -1.98. The number of nitrogens with zero attached hydrogens (tertiary/aromatic N) is 5. The molecule has 0 unspecified atom stereocenters. The number of hydrogen-bond donors (Lipinski definition) is 1. The van der Waals surface area contributed by atoms with E-state index in [1.165, 1.54) is 17.0 Å². The lowest BCUT2D eigenvalue weighted by Crippen LogP contribution is -2.19. The third-order valence-corrected chi connectivity index (χ3v) is 1.50. The zero-order chi connectivity index (χ0) is 9.10. The molecule has 0 spiro atoms. The van der Waals surface area contributed by atoms with Crippen molar-refractivity contribution in [2.75, 3.05) is 0 Å². The van der Waals surface area contributed by atoms with E-state index in [1.54, 1.807) is 6.20 Å². The summed E-state index contributed by atoms with van der Waals surface area (Å²) in [5.74, 6) is 0.466. The van der Waals surface area contributed by atoms with Gasteiger partial charge in [-0.3, -0.25) is 9.78 Å². The first-order valence-electron chi connectivity index (χ1n) is 3.59. The summed E-state index contributed by atoms with van der Waals surface area (Å²) in [4.78, 5) is 14.8. The largest absolute Gasteiger partial charge is 0.305 e. The average molecular weight is 178 g/mol. The fourth-order valence-electron chi connectivity index (χ4n) is 0.906. The summed E-state index contributed by atoms with van der Waals surface area (Å²) in [6.07, 6.45) is 4.33. The summed E-state index contributed by atoms with van der Waals surface area (Å²) >= 11 is 0. The second kappa shape index (κ2) is 3.13. The van der Waals surface area contributed by atoms with Gasteiger partial charge in [0.1, 0.15) is 0 Å². The van der Waals surface area contributed by atoms with Crippen LogP contribution in [0.2, 0.25) is 0 Å². The van der Waals surface area contributed by atoms with Crippen LogP contribution in [-0.4, -0.2) is 30.2 Å². The van der Waals surface area contributed by atoms with Crippen molar-refractivity contribution in [1.82, 2.24) is 30.2 Å². The minimum atomic E-state index is -0.188. The topological polar surface area (TPSA) is 89.4 Å². The van der Waals surface area contributed by atoms with Crippen LogP contribution in [0, 0.1) is 0 Å². The second-order valence-electron chi connectivity index (χ2n) is 2.37. The van der Waals surface area contributed by atoms with Crippen molar-refractivity contribution in [2.45, 2.75) is 6.54 Å². The molecule has 0 aliphatic heterocycles. The van der Waals surface area contributed by atoms with Gasteiger partial charge in [-0.2, -0.15) is 5.21 Å². The highest BCUT2D eigenvalue weighted by Crippen LogP contribution is 1.86. The van der Waals surface area contributed by atoms with Gasteiger partial charge in [0, 0.05) is 12.4 Å². The molecular formula is C6H6N6O. The zero-order valence-electron chi connectivity index (χ0n) is 6.58. The molecule has 0 aliphatic rings. The van der Waals surface area contributed by atoms with E-state index in [0.29, 0.717) is 12.4 Å². The van der Waals surface area contributed by atoms with Crippen molar-refractivity contribution in [1.29, 1.82) is 0 Å². The first-order valence-corrected chi connectivity index (χ1v) is 3.59. The van der Waals surface area contributed by atoms with Crippen LogP contribution < -0.4 is 5.56 Å². The van der Waals surface area contributed by atoms with Crippen LogP contribution in [0.4, 0.5) is 0 Å². The van der Waals surface area contributed by atoms with Crippen molar-refractivity contribution in [3.8, 4) is 0 Å². The van der Waals surface area contributed by atoms with Crippen molar-refractivity contribution >= 4 is 0 Å². The van der Waals surface area contributed by atoms with Crippen LogP contribution in [0.3, 0.4) is 0 Å². The van der Waals surface area contributed by atoms with Crippen LogP contribution in [-0.2, 0) is 6.54 Å². The normalized spacial score (nSPS) is 10.2. The van der Waals surface area contributed by atoms with Crippen LogP contribution in [0.25, 0.3) is 0 Å². The van der Waals surface area contributed by atoms with E-state index in [0.717, 1.165) is 0 Å². The molecule has 2 rings (SSSR count). The molecule has 13 heavy (non-hydrogen) atoms. The van der Waals surface area contributed by atoms with E-state index in [4.69, 9.17) is 0 Å². The van der Waals surface area contributed by atoms with E-state index in [2.05, 4.69) is 25.6 Å². The van der Waals surface area contributed by atoms with Crippen molar-refractivity contribution < 1.29 is 0 Å². The highest BCUT2D eigenvalue weighted by atomic mass is 16.1. The summed E-state index contributed by atoms with van der Waals surface area (Å²) in [5, 5.41) is 13.1. The molecule has 7 heteroatoms. The van der Waals surface area contributed by atoms with Crippen LogP contribution in [0.15, 0.2) is 23.4 Å². The number of aromatic amines is 1. The number of H-pyrrole nitrogens is 1. The van der Waals surface area contributed by atoms with E-state index >= 15 is 0 Å². The summed E-state index contributed by atoms with van der Waals surface area (Å²) in [5.41, 5.74) is -0.188. The highest BCUT2D eigenvalue weighted by molar-refractivity contribution is 4.86. The number of hydrogen-bond acceptors (Lipinski definition) is 5. The van der Waals surface area contributed by atoms with Gasteiger partial charge in [0.05, 0.1) is 12.7 Å². The average Bonchev–Trinajstić information content (AvgIpc) is 2.61. The van der Waals surface area contributed by atoms with Gasteiger partial charge >= 0.3 is 0 Å². The molecule has 2 aromatic heterocycles. The third kappa shape index (κ3) is 1.58. The van der Waals surface area contributed by atoms with E-state index in [9.17, 15) is 4.79 Å². The number of rotatable bonds is 2. The first kappa shape index (κ1) is 7.59. The van der Waals surface area contributed by atoms with E-state index in [-0.39, 0.29) is 5.56 Å². The van der Waals surface area contributed by atoms with Gasteiger partial charge in [-0.05, 0) is 0 Å². The lowest BCUT2D eigenvalue weighted by atomic mass is 10.5. The molecule has 7 nitrogen and oxygen atoms in total. The van der Waals surface area contributed by atoms with E-state index in [1.807, 2.05) is 0 Å². The van der Waals surface area contributed by atoms with Crippen molar-refractivity contribution in [2.24, 2.45) is 0 Å². The number of nitrogens with one attached hydrogen (secondary N) is 1. The van der Waals surface area contributed by atoms with Gasteiger partial charge in [0.25, 0.3) is 5.56 Å². The maximum absolute atomic E-state index is 11.2. The molecule has 0 saturated heterocycles. The summed E-state index contributed by atoms with van der Waals surface area (Å²) < 4.78 is 1.44. The summed E-state index contributed by atoms with van der Waals surface area (Å²) in [7, 11) is 0. The Balaban J connectivity index is 2.29. The Hall–Kier alpha value is -2.05. The van der Waals surface area contributed by atoms with Gasteiger partial charge in [0.15, 0.2) is 5.82 Å². The highest BCUT2D eigenvalue weighted by Gasteiger charge is 2.00. The maximum Gasteiger partial charge on any atom is 0.269 e. The predicted molar refractivity (Wildman–Crippen MR) is 41.8 cm³/mol. The summed E-state index contributed by atoms with van der Waals surface area (Å²) in [6, 6.07) is 0. The van der Waals surface area contributed by atoms with Crippen molar-refractivity contribution in [3.05, 3.63) is 34.8 Å². The molecule has 2 heterocycles. The Morgan fingerprint density at radius 1 is 1.54 bits per heavy atom. The Bertz CT molecular complexity index is 432. The first-order chi connectivity index (χ1) is 6.36. The molecule has 0 aromatic carbocycles. The molecule has 0 saturated carbocycles. The van der Waals surface area contributed by atoms with Crippen LogP contribution in [0.1, 0.15) is 5.82 Å². The van der Waals surface area contributed by atoms with Crippen LogP contribution in [0.5, 0.6) is 0 Å². The Morgan fingerprint density at radius 3 is 3.15 bits per heavy atom. The number of tetrazole rings is 1. The van der Waals surface area contributed by atoms with E-state index < -0.39 is 0 Å². The Morgan fingerprint density at radius 2 is 2.46 bits per heavy atom. The van der Waals surface area contributed by atoms with Crippen molar-refractivity contribution in [3.63, 3.8) is 0 Å². The maximum atomic E-state index is 11.2. The molecule has 0 amide bonds. The minimum Gasteiger partial charge on any atom is -0.305 e. The molecule has 0 radical (unpaired) electrons. The van der Waals surface area contributed by atoms with Gasteiger partial charge < -0.3 is 4.57 Å². The molecule has 1 N–H and O–H groups in total. The molecule has 0 aliphatic carbocycles. The van der Waals surface area contributed by atoms with Gasteiger partial charge in [-0.15, -0.1) is 10.2 Å². The SMILES string of the molecule is O=c1cnccn1Cc1nn[nH]n1. The monoisotopic (exact) mass is 178 g/mol. The molecule has 2 aromatic rings. The lowest BCUT2D eigenvalue weighted by molar-refractivity contribution is 0.708. The molecule has 66 valence electrons. The van der Waals surface area contributed by atoms with Gasteiger partial charge in [0.2, 0.25) is 0 Å². The molecule has 0 atom stereocenters.